The maximum atomic E-state index is 13.8. The number of aliphatic hydroxyl groups excluding tert-OH is 1. The molecule has 395 valence electrons. The van der Waals surface area contributed by atoms with Crippen LogP contribution in [0.2, 0.25) is 0 Å². The van der Waals surface area contributed by atoms with Gasteiger partial charge in [-0.25, -0.2) is 0 Å². The zero-order valence-electron chi connectivity index (χ0n) is 42.8. The third-order valence-electron chi connectivity index (χ3n) is 13.3. The van der Waals surface area contributed by atoms with Gasteiger partial charge in [-0.15, -0.1) is 0 Å². The van der Waals surface area contributed by atoms with Crippen LogP contribution in [0, 0.1) is 11.8 Å². The number of carbonyl (C=O) groups is 3. The molecule has 14 nitrogen and oxygen atoms in total. The number of carbonyl (C=O) groups excluding carboxylic acids is 3. The first-order chi connectivity index (χ1) is 35.4. The number of hydrogen-bond donors (Lipinski definition) is 7. The quantitative estimate of drug-likeness (QED) is 0.0175. The molecule has 19 heteroatoms. The fraction of sp³-hybridized carbons (Fsp3) is 0.436. The van der Waals surface area contributed by atoms with E-state index in [2.05, 4.69) is 50.4 Å². The van der Waals surface area contributed by atoms with Crippen LogP contribution in [0.15, 0.2) is 84.9 Å². The Bertz CT molecular complexity index is 2800. The first-order valence-electron chi connectivity index (χ1n) is 25.1. The monoisotopic (exact) mass is 1050 g/mol. The van der Waals surface area contributed by atoms with Gasteiger partial charge in [0.15, 0.2) is 0 Å². The molecule has 1 fully saturated rings. The molecule has 5 aromatic rings. The number of fused-ring (bicyclic) bond motifs is 2. The zero-order valence-corrected chi connectivity index (χ0v) is 44.6. The number of thiol groups is 1. The van der Waals surface area contributed by atoms with E-state index in [0.717, 1.165) is 60.4 Å². The maximum absolute atomic E-state index is 13.8. The molecule has 1 aromatic heterocycles. The minimum absolute atomic E-state index is 0.0555. The number of nitrogens with zero attached hydrogens (tertiary/aromatic N) is 3. The average molecular weight is 1050 g/mol. The van der Waals surface area contributed by atoms with Gasteiger partial charge in [-0.05, 0) is 124 Å². The number of nitrogens with one attached hydrogen (secondary N) is 5. The van der Waals surface area contributed by atoms with Gasteiger partial charge in [0.05, 0.1) is 43.2 Å². The largest absolute Gasteiger partial charge is 0.495 e. The third-order valence-corrected chi connectivity index (χ3v) is 16.5. The molecular formula is C55H68F3N8O6SSi. The summed E-state index contributed by atoms with van der Waals surface area (Å²) < 4.78 is 55.8. The van der Waals surface area contributed by atoms with Crippen molar-refractivity contribution in [2.75, 3.05) is 69.2 Å². The van der Waals surface area contributed by atoms with Crippen molar-refractivity contribution in [1.82, 2.24) is 25.4 Å². The number of aromatic nitrogens is 1. The predicted molar refractivity (Wildman–Crippen MR) is 291 cm³/mol. The second kappa shape index (κ2) is 25.3. The standard InChI is InChI=1S/C55H68F3N8O6SSi/c1-54(2,73)74-53(70)63-42(34-67)29-39-19-21-44(32-49(39)65(74)4)72-35-38-17-15-37(16-18-38)33-61-51(68)14-7-6-8-25-60-52(69)40-20-22-47(50(30-40)71-5)59-26-10-11-43-31-45-46(62-41-23-27-64(3)28-24-41)12-9-13-48(45)66(43)36-55(56,57)58/h9,12-13,15-22,30-32,41-42,59,62,67,73H,6-8,14,23-29,33-36H2,1-5H3,(H,60,69)(H,61,68)(H,63,70)/t42-/m0/s1. The van der Waals surface area contributed by atoms with Crippen molar-refractivity contribution in [2.45, 2.75) is 101 Å². The summed E-state index contributed by atoms with van der Waals surface area (Å²) in [6, 6.07) is 25.6. The number of likely N-dealkylation sites (tertiary alicyclic amines) is 1. The van der Waals surface area contributed by atoms with Crippen molar-refractivity contribution in [2.24, 2.45) is 0 Å². The first kappa shape index (κ1) is 55.4. The Morgan fingerprint density at radius 1 is 0.932 bits per heavy atom. The summed E-state index contributed by atoms with van der Waals surface area (Å²) in [6.07, 6.45) is 0.419. The highest BCUT2D eigenvalue weighted by molar-refractivity contribution is 7.84. The SMILES string of the molecule is COc1cc(C(=O)NCCCCCC(=O)NCc2ccc(COc3ccc4c(c3)N(C)[Si](C(C)(C)S)C(=O)N[C@H](CO)C4)cc2)ccc1NCC#Cc1cc2c(NC3CCN(C)CC3)cccc2n1CC(F)(F)F. The molecule has 6 N–H and O–H groups in total. The highest BCUT2D eigenvalue weighted by atomic mass is 32.1. The van der Waals surface area contributed by atoms with Gasteiger partial charge in [0.2, 0.25) is 11.4 Å². The molecule has 0 bridgehead atoms. The number of unbranched alkanes of at least 4 members (excludes halogenated alkanes) is 2. The van der Waals surface area contributed by atoms with E-state index in [9.17, 15) is 32.7 Å². The lowest BCUT2D eigenvalue weighted by Gasteiger charge is -2.39. The van der Waals surface area contributed by atoms with Crippen molar-refractivity contribution in [3.05, 3.63) is 113 Å². The zero-order chi connectivity index (χ0) is 53.0. The minimum Gasteiger partial charge on any atom is -0.495 e. The lowest BCUT2D eigenvalue weighted by Crippen LogP contribution is -2.62. The van der Waals surface area contributed by atoms with Crippen LogP contribution in [0.1, 0.15) is 85.1 Å². The number of hydrogen-bond acceptors (Lipinski definition) is 11. The number of halogens is 3. The summed E-state index contributed by atoms with van der Waals surface area (Å²) in [6.45, 7) is 5.73. The van der Waals surface area contributed by atoms with E-state index in [1.165, 1.54) is 11.7 Å². The van der Waals surface area contributed by atoms with Gasteiger partial charge in [-0.3, -0.25) is 14.4 Å². The summed E-state index contributed by atoms with van der Waals surface area (Å²) in [4.78, 5) is 41.2. The Hall–Kier alpha value is -6.33. The van der Waals surface area contributed by atoms with Gasteiger partial charge < -0.3 is 55.2 Å². The number of benzene rings is 4. The highest BCUT2D eigenvalue weighted by Gasteiger charge is 2.42. The molecule has 1 atom stereocenters. The summed E-state index contributed by atoms with van der Waals surface area (Å²) in [5, 5.41) is 26.3. The molecule has 2 aliphatic heterocycles. The average Bonchev–Trinajstić information content (AvgIpc) is 3.71. The van der Waals surface area contributed by atoms with E-state index in [0.29, 0.717) is 79.0 Å². The Balaban J connectivity index is 0.815. The maximum Gasteiger partial charge on any atom is 0.406 e. The third kappa shape index (κ3) is 15.1. The number of amides is 3. The molecule has 74 heavy (non-hydrogen) atoms. The fourth-order valence-electron chi connectivity index (χ4n) is 9.35. The number of ether oxygens (including phenoxy) is 2. The van der Waals surface area contributed by atoms with Crippen molar-refractivity contribution < 1.29 is 42.1 Å². The Kier molecular flexibility index (Phi) is 18.9. The molecule has 0 unspecified atom stereocenters. The topological polar surface area (TPSA) is 161 Å². The van der Waals surface area contributed by atoms with E-state index in [-0.39, 0.29) is 48.3 Å². The van der Waals surface area contributed by atoms with Gasteiger partial charge in [0.1, 0.15) is 24.7 Å². The van der Waals surface area contributed by atoms with Crippen LogP contribution in [0.3, 0.4) is 0 Å². The Morgan fingerprint density at radius 3 is 2.41 bits per heavy atom. The molecule has 1 radical (unpaired) electrons. The number of methoxy groups -OCH3 is 1. The van der Waals surface area contributed by atoms with Gasteiger partial charge in [0, 0.05) is 58.3 Å². The van der Waals surface area contributed by atoms with Crippen LogP contribution in [-0.2, 0) is 30.9 Å². The molecule has 0 aliphatic carbocycles. The van der Waals surface area contributed by atoms with Crippen LogP contribution >= 0.6 is 12.6 Å². The minimum atomic E-state index is -4.44. The molecule has 0 saturated carbocycles. The molecule has 1 saturated heterocycles. The van der Waals surface area contributed by atoms with E-state index < -0.39 is 26.0 Å². The second-order valence-corrected chi connectivity index (χ2v) is 24.1. The van der Waals surface area contributed by atoms with Crippen LogP contribution in [0.25, 0.3) is 10.9 Å². The molecule has 0 spiro atoms. The van der Waals surface area contributed by atoms with Crippen LogP contribution in [-0.4, -0.2) is 117 Å². The summed E-state index contributed by atoms with van der Waals surface area (Å²) in [7, 11) is 3.63. The number of alkyl halides is 3. The lowest BCUT2D eigenvalue weighted by molar-refractivity contribution is -0.140. The highest BCUT2D eigenvalue weighted by Crippen LogP contribution is 2.34. The second-order valence-electron chi connectivity index (χ2n) is 19.5. The number of anilines is 3. The van der Waals surface area contributed by atoms with Gasteiger partial charge >= 0.3 is 6.18 Å². The first-order valence-corrected chi connectivity index (χ1v) is 27.0. The van der Waals surface area contributed by atoms with Gasteiger partial charge in [-0.2, -0.15) is 25.8 Å². The van der Waals surface area contributed by atoms with E-state index >= 15 is 0 Å². The molecule has 2 aliphatic rings. The lowest BCUT2D eigenvalue weighted by atomic mass is 10.0. The number of rotatable bonds is 20. The normalized spacial score (nSPS) is 15.8. The Morgan fingerprint density at radius 2 is 1.69 bits per heavy atom. The van der Waals surface area contributed by atoms with Crippen molar-refractivity contribution in [1.29, 1.82) is 0 Å². The summed E-state index contributed by atoms with van der Waals surface area (Å²) in [5.41, 5.74) is 6.22. The van der Waals surface area contributed by atoms with E-state index in [1.54, 1.807) is 36.4 Å². The van der Waals surface area contributed by atoms with Crippen molar-refractivity contribution >= 4 is 66.9 Å². The predicted octanol–water partition coefficient (Wildman–Crippen LogP) is 8.25. The van der Waals surface area contributed by atoms with Crippen LogP contribution in [0.4, 0.5) is 35.0 Å². The summed E-state index contributed by atoms with van der Waals surface area (Å²) in [5.74, 6) is 6.68. The molecule has 3 amide bonds. The summed E-state index contributed by atoms with van der Waals surface area (Å²) >= 11 is 4.77. The van der Waals surface area contributed by atoms with E-state index in [1.807, 2.05) is 74.0 Å². The Labute approximate surface area is 439 Å². The number of piperidine rings is 1. The van der Waals surface area contributed by atoms with Gasteiger partial charge in [-0.1, -0.05) is 62.6 Å². The van der Waals surface area contributed by atoms with Crippen LogP contribution in [0.5, 0.6) is 11.5 Å². The fourth-order valence-corrected chi connectivity index (χ4v) is 12.6. The van der Waals surface area contributed by atoms with Crippen molar-refractivity contribution in [3.63, 3.8) is 0 Å². The molecule has 7 rings (SSSR count). The van der Waals surface area contributed by atoms with Crippen molar-refractivity contribution in [3.8, 4) is 23.3 Å². The molecular weight excluding hydrogens is 986 g/mol. The number of aliphatic hydroxyl groups is 1. The van der Waals surface area contributed by atoms with E-state index in [4.69, 9.17) is 22.1 Å². The molecule has 3 heterocycles. The molecule has 4 aromatic carbocycles. The van der Waals surface area contributed by atoms with Crippen LogP contribution < -0.4 is 40.6 Å². The van der Waals surface area contributed by atoms with Gasteiger partial charge in [0.25, 0.3) is 14.9 Å². The smallest absolute Gasteiger partial charge is 0.406 e.